The topological polar surface area (TPSA) is 95.9 Å². The first-order valence-electron chi connectivity index (χ1n) is 7.92. The standard InChI is InChI=1S/C16H18IN3O4S/c1-10-2-3-11(8-13(10)17)18-16(22)14-4-5-15(21)20(19-14)12-6-7-25(23,24)9-12/h2-3,8,12H,4-7,9H2,1H3,(H,18,22)/t12-/m1/s1. The molecule has 1 atom stereocenters. The van der Waals surface area contributed by atoms with Crippen LogP contribution in [-0.2, 0) is 19.4 Å². The first kappa shape index (κ1) is 18.3. The summed E-state index contributed by atoms with van der Waals surface area (Å²) >= 11 is 2.19. The van der Waals surface area contributed by atoms with Crippen LogP contribution in [0.5, 0.6) is 0 Å². The highest BCUT2D eigenvalue weighted by Crippen LogP contribution is 2.23. The van der Waals surface area contributed by atoms with Crippen LogP contribution in [0.1, 0.15) is 24.8 Å². The van der Waals surface area contributed by atoms with Crippen molar-refractivity contribution in [1.82, 2.24) is 5.01 Å². The van der Waals surface area contributed by atoms with Gasteiger partial charge < -0.3 is 5.32 Å². The van der Waals surface area contributed by atoms with E-state index in [0.29, 0.717) is 12.1 Å². The van der Waals surface area contributed by atoms with Gasteiger partial charge in [-0.15, -0.1) is 0 Å². The lowest BCUT2D eigenvalue weighted by Crippen LogP contribution is -2.42. The summed E-state index contributed by atoms with van der Waals surface area (Å²) in [6, 6.07) is 5.12. The number of carbonyl (C=O) groups is 2. The molecule has 0 aromatic heterocycles. The van der Waals surface area contributed by atoms with Crippen molar-refractivity contribution in [3.63, 3.8) is 0 Å². The smallest absolute Gasteiger partial charge is 0.271 e. The van der Waals surface area contributed by atoms with E-state index in [1.807, 2.05) is 25.1 Å². The van der Waals surface area contributed by atoms with E-state index in [0.717, 1.165) is 9.13 Å². The molecule has 1 N–H and O–H groups in total. The molecule has 1 saturated heterocycles. The highest BCUT2D eigenvalue weighted by molar-refractivity contribution is 14.1. The van der Waals surface area contributed by atoms with Gasteiger partial charge in [-0.25, -0.2) is 13.4 Å². The van der Waals surface area contributed by atoms with Crippen molar-refractivity contribution in [2.24, 2.45) is 5.10 Å². The Morgan fingerprint density at radius 2 is 2.12 bits per heavy atom. The van der Waals surface area contributed by atoms with Crippen molar-refractivity contribution in [3.8, 4) is 0 Å². The molecule has 25 heavy (non-hydrogen) atoms. The maximum absolute atomic E-state index is 12.5. The van der Waals surface area contributed by atoms with E-state index in [1.54, 1.807) is 0 Å². The Kier molecular flexibility index (Phi) is 5.14. The van der Waals surface area contributed by atoms with Crippen molar-refractivity contribution in [2.75, 3.05) is 16.8 Å². The summed E-state index contributed by atoms with van der Waals surface area (Å²) in [7, 11) is -3.13. The molecule has 0 radical (unpaired) electrons. The van der Waals surface area contributed by atoms with Gasteiger partial charge >= 0.3 is 0 Å². The third-order valence-corrected chi connectivity index (χ3v) is 7.22. The Morgan fingerprint density at radius 1 is 1.36 bits per heavy atom. The Bertz CT molecular complexity index is 866. The Balaban J connectivity index is 1.76. The number of sulfone groups is 1. The number of nitrogens with zero attached hydrogens (tertiary/aromatic N) is 2. The average Bonchev–Trinajstić information content (AvgIpc) is 2.91. The average molecular weight is 475 g/mol. The van der Waals surface area contributed by atoms with Gasteiger partial charge in [0.25, 0.3) is 5.91 Å². The van der Waals surface area contributed by atoms with Gasteiger partial charge in [0.1, 0.15) is 5.71 Å². The molecule has 1 aromatic rings. The minimum absolute atomic E-state index is 0.0559. The lowest BCUT2D eigenvalue weighted by atomic mass is 10.1. The number of amides is 2. The summed E-state index contributed by atoms with van der Waals surface area (Å²) in [6.07, 6.45) is 0.778. The van der Waals surface area contributed by atoms with E-state index in [1.165, 1.54) is 5.01 Å². The van der Waals surface area contributed by atoms with Crippen LogP contribution in [0.25, 0.3) is 0 Å². The summed E-state index contributed by atoms with van der Waals surface area (Å²) in [5.41, 5.74) is 2.03. The van der Waals surface area contributed by atoms with Crippen LogP contribution in [0.15, 0.2) is 23.3 Å². The molecule has 0 spiro atoms. The maximum atomic E-state index is 12.5. The molecule has 2 aliphatic heterocycles. The molecule has 0 bridgehead atoms. The summed E-state index contributed by atoms with van der Waals surface area (Å²) in [5, 5.41) is 8.16. The largest absolute Gasteiger partial charge is 0.321 e. The molecular weight excluding hydrogens is 457 g/mol. The van der Waals surface area contributed by atoms with E-state index in [4.69, 9.17) is 0 Å². The van der Waals surface area contributed by atoms with Gasteiger partial charge in [-0.05, 0) is 53.6 Å². The fraction of sp³-hybridized carbons (Fsp3) is 0.438. The van der Waals surface area contributed by atoms with E-state index >= 15 is 0 Å². The summed E-state index contributed by atoms with van der Waals surface area (Å²) in [6.45, 7) is 1.98. The zero-order valence-electron chi connectivity index (χ0n) is 13.7. The van der Waals surface area contributed by atoms with Gasteiger partial charge in [-0.1, -0.05) is 6.07 Å². The molecule has 9 heteroatoms. The van der Waals surface area contributed by atoms with Gasteiger partial charge in [0, 0.05) is 22.1 Å². The second-order valence-corrected chi connectivity index (χ2v) is 9.65. The van der Waals surface area contributed by atoms with Crippen molar-refractivity contribution < 1.29 is 18.0 Å². The van der Waals surface area contributed by atoms with E-state index < -0.39 is 15.9 Å². The normalized spacial score (nSPS) is 22.6. The Hall–Kier alpha value is -1.49. The molecule has 134 valence electrons. The number of carbonyl (C=O) groups excluding carboxylic acids is 2. The molecular formula is C16H18IN3O4S. The fourth-order valence-electron chi connectivity index (χ4n) is 2.86. The number of hydrazone groups is 1. The third kappa shape index (κ3) is 4.20. The summed E-state index contributed by atoms with van der Waals surface area (Å²) < 4.78 is 24.3. The number of hydrogen-bond acceptors (Lipinski definition) is 5. The van der Waals surface area contributed by atoms with Crippen molar-refractivity contribution in [1.29, 1.82) is 0 Å². The van der Waals surface area contributed by atoms with Gasteiger partial charge in [0.05, 0.1) is 17.5 Å². The molecule has 2 aliphatic rings. The second kappa shape index (κ2) is 7.02. The Labute approximate surface area is 159 Å². The van der Waals surface area contributed by atoms with Gasteiger partial charge in [-0.3, -0.25) is 9.59 Å². The van der Waals surface area contributed by atoms with E-state index in [-0.39, 0.29) is 41.9 Å². The maximum Gasteiger partial charge on any atom is 0.271 e. The van der Waals surface area contributed by atoms with Crippen molar-refractivity contribution in [3.05, 3.63) is 27.3 Å². The second-order valence-electron chi connectivity index (χ2n) is 6.26. The van der Waals surface area contributed by atoms with Crippen LogP contribution in [0.2, 0.25) is 0 Å². The molecule has 1 aromatic carbocycles. The first-order chi connectivity index (χ1) is 11.7. The summed E-state index contributed by atoms with van der Waals surface area (Å²) in [4.78, 5) is 24.5. The monoisotopic (exact) mass is 475 g/mol. The molecule has 0 aliphatic carbocycles. The lowest BCUT2D eigenvalue weighted by Gasteiger charge is -2.27. The van der Waals surface area contributed by atoms with Crippen LogP contribution in [-0.4, -0.2) is 48.5 Å². The van der Waals surface area contributed by atoms with Gasteiger partial charge in [0.15, 0.2) is 9.84 Å². The molecule has 2 amide bonds. The van der Waals surface area contributed by atoms with Crippen LogP contribution in [0.3, 0.4) is 0 Å². The number of aryl methyl sites for hydroxylation is 1. The zero-order valence-corrected chi connectivity index (χ0v) is 16.6. The van der Waals surface area contributed by atoms with Crippen LogP contribution < -0.4 is 5.32 Å². The molecule has 0 unspecified atom stereocenters. The number of anilines is 1. The van der Waals surface area contributed by atoms with Crippen molar-refractivity contribution in [2.45, 2.75) is 32.2 Å². The predicted octanol–water partition coefficient (Wildman–Crippen LogP) is 1.70. The minimum Gasteiger partial charge on any atom is -0.321 e. The zero-order chi connectivity index (χ0) is 18.2. The lowest BCUT2D eigenvalue weighted by molar-refractivity contribution is -0.133. The molecule has 7 nitrogen and oxygen atoms in total. The number of benzene rings is 1. The van der Waals surface area contributed by atoms with Crippen LogP contribution >= 0.6 is 22.6 Å². The predicted molar refractivity (Wildman–Crippen MR) is 103 cm³/mol. The number of nitrogens with one attached hydrogen (secondary N) is 1. The number of rotatable bonds is 3. The van der Waals surface area contributed by atoms with E-state index in [9.17, 15) is 18.0 Å². The number of halogens is 1. The van der Waals surface area contributed by atoms with E-state index in [2.05, 4.69) is 33.0 Å². The van der Waals surface area contributed by atoms with Crippen LogP contribution in [0, 0.1) is 10.5 Å². The quantitative estimate of drug-likeness (QED) is 0.674. The third-order valence-electron chi connectivity index (χ3n) is 4.31. The highest BCUT2D eigenvalue weighted by Gasteiger charge is 2.37. The highest BCUT2D eigenvalue weighted by atomic mass is 127. The van der Waals surface area contributed by atoms with Crippen LogP contribution in [0.4, 0.5) is 5.69 Å². The SMILES string of the molecule is Cc1ccc(NC(=O)C2=NN([C@@H]3CCS(=O)(=O)C3)C(=O)CC2)cc1I. The molecule has 3 rings (SSSR count). The first-order valence-corrected chi connectivity index (χ1v) is 10.8. The van der Waals surface area contributed by atoms with Crippen molar-refractivity contribution >= 4 is 55.6 Å². The fourth-order valence-corrected chi connectivity index (χ4v) is 5.07. The molecule has 0 saturated carbocycles. The molecule has 1 fully saturated rings. The summed E-state index contributed by atoms with van der Waals surface area (Å²) in [5.74, 6) is -0.630. The Morgan fingerprint density at radius 3 is 2.76 bits per heavy atom. The van der Waals surface area contributed by atoms with Gasteiger partial charge in [0.2, 0.25) is 5.91 Å². The minimum atomic E-state index is -3.13. The molecule has 2 heterocycles. The number of hydrogen-bond donors (Lipinski definition) is 1. The van der Waals surface area contributed by atoms with Gasteiger partial charge in [-0.2, -0.15) is 5.10 Å².